The number of nitrogens with zero attached hydrogens (tertiary/aromatic N) is 3. The number of hydrogen-bond acceptors (Lipinski definition) is 4. The Balaban J connectivity index is 2.49. The zero-order valence-electron chi connectivity index (χ0n) is 8.78. The zero-order valence-corrected chi connectivity index (χ0v) is 10.4. The van der Waals surface area contributed by atoms with E-state index in [9.17, 15) is 8.42 Å². The Morgan fingerprint density at radius 1 is 1.35 bits per heavy atom. The molecule has 0 N–H and O–H groups in total. The zero-order chi connectivity index (χ0) is 12.7. The van der Waals surface area contributed by atoms with Crippen LogP contribution in [0.5, 0.6) is 5.75 Å². The lowest BCUT2D eigenvalue weighted by atomic mass is 10.3. The van der Waals surface area contributed by atoms with Crippen LogP contribution in [0, 0.1) is 0 Å². The summed E-state index contributed by atoms with van der Waals surface area (Å²) in [7, 11) is 1.47. The minimum Gasteiger partial charge on any atom is -0.494 e. The van der Waals surface area contributed by atoms with Crippen molar-refractivity contribution >= 4 is 19.7 Å². The van der Waals surface area contributed by atoms with Crippen molar-refractivity contribution < 1.29 is 13.2 Å². The lowest BCUT2D eigenvalue weighted by Gasteiger charge is -2.05. The smallest absolute Gasteiger partial charge is 0.261 e. The lowest BCUT2D eigenvalue weighted by molar-refractivity contribution is 0.313. The van der Waals surface area contributed by atoms with Crippen molar-refractivity contribution in [3.63, 3.8) is 0 Å². The maximum Gasteiger partial charge on any atom is 0.261 e. The van der Waals surface area contributed by atoms with Crippen LogP contribution in [0.2, 0.25) is 0 Å². The quantitative estimate of drug-likeness (QED) is 0.263. The summed E-state index contributed by atoms with van der Waals surface area (Å²) < 4.78 is 27.2. The molecule has 0 radical (unpaired) electrons. The van der Waals surface area contributed by atoms with E-state index in [-0.39, 0.29) is 4.90 Å². The first-order valence-corrected chi connectivity index (χ1v) is 7.03. The summed E-state index contributed by atoms with van der Waals surface area (Å²) in [4.78, 5) is 2.64. The summed E-state index contributed by atoms with van der Waals surface area (Å²) >= 11 is 0. The molecule has 0 bridgehead atoms. The first-order chi connectivity index (χ1) is 8.04. The Bertz CT molecular complexity index is 509. The standard InChI is InChI=1S/C9H10ClN3O3S/c10-17(14,15)9-4-2-8(3-5-9)16-7-1-6-12-13-11/h2-5H,1,6-7H2. The minimum atomic E-state index is -3.69. The highest BCUT2D eigenvalue weighted by Crippen LogP contribution is 2.18. The number of benzene rings is 1. The third kappa shape index (κ3) is 4.95. The fourth-order valence-corrected chi connectivity index (χ4v) is 1.84. The molecular weight excluding hydrogens is 266 g/mol. The van der Waals surface area contributed by atoms with E-state index in [1.54, 1.807) is 0 Å². The fourth-order valence-electron chi connectivity index (χ4n) is 1.07. The number of ether oxygens (including phenoxy) is 1. The van der Waals surface area contributed by atoms with Crippen LogP contribution < -0.4 is 4.74 Å². The van der Waals surface area contributed by atoms with E-state index in [1.165, 1.54) is 24.3 Å². The van der Waals surface area contributed by atoms with Crippen LogP contribution in [-0.4, -0.2) is 21.6 Å². The predicted octanol–water partition coefficient (Wildman–Crippen LogP) is 2.69. The van der Waals surface area contributed by atoms with Crippen LogP contribution in [0.15, 0.2) is 34.3 Å². The second-order valence-corrected chi connectivity index (χ2v) is 5.63. The summed E-state index contributed by atoms with van der Waals surface area (Å²) in [6, 6.07) is 5.77. The van der Waals surface area contributed by atoms with Crippen molar-refractivity contribution in [3.05, 3.63) is 34.7 Å². The van der Waals surface area contributed by atoms with Crippen LogP contribution in [0.25, 0.3) is 10.4 Å². The van der Waals surface area contributed by atoms with Crippen molar-refractivity contribution in [2.75, 3.05) is 13.2 Å². The van der Waals surface area contributed by atoms with E-state index in [0.29, 0.717) is 25.3 Å². The number of azide groups is 1. The monoisotopic (exact) mass is 275 g/mol. The summed E-state index contributed by atoms with van der Waals surface area (Å²) in [5.74, 6) is 0.537. The summed E-state index contributed by atoms with van der Waals surface area (Å²) in [6.07, 6.45) is 0.597. The van der Waals surface area contributed by atoms with Gasteiger partial charge in [-0.25, -0.2) is 8.42 Å². The molecule has 1 aromatic rings. The van der Waals surface area contributed by atoms with E-state index in [0.717, 1.165) is 0 Å². The van der Waals surface area contributed by atoms with Gasteiger partial charge in [0.1, 0.15) is 5.75 Å². The Kier molecular flexibility index (Phi) is 5.09. The molecule has 0 fully saturated rings. The second kappa shape index (κ2) is 6.34. The van der Waals surface area contributed by atoms with Crippen LogP contribution >= 0.6 is 10.7 Å². The minimum absolute atomic E-state index is 0.0283. The van der Waals surface area contributed by atoms with Gasteiger partial charge in [-0.05, 0) is 36.2 Å². The average Bonchev–Trinajstić information content (AvgIpc) is 2.28. The van der Waals surface area contributed by atoms with Crippen molar-refractivity contribution in [1.82, 2.24) is 0 Å². The maximum atomic E-state index is 11.0. The van der Waals surface area contributed by atoms with Crippen LogP contribution in [0.4, 0.5) is 0 Å². The van der Waals surface area contributed by atoms with E-state index >= 15 is 0 Å². The molecule has 1 aromatic carbocycles. The summed E-state index contributed by atoms with van der Waals surface area (Å²) in [5, 5.41) is 3.35. The molecule has 0 aliphatic carbocycles. The van der Waals surface area contributed by atoms with Gasteiger partial charge in [-0.3, -0.25) is 0 Å². The highest BCUT2D eigenvalue weighted by molar-refractivity contribution is 8.13. The molecule has 0 saturated heterocycles. The van der Waals surface area contributed by atoms with Gasteiger partial charge in [0.05, 0.1) is 11.5 Å². The molecule has 0 aromatic heterocycles. The molecule has 0 amide bonds. The summed E-state index contributed by atoms with van der Waals surface area (Å²) in [5.41, 5.74) is 8.04. The molecule has 1 rings (SSSR count). The Morgan fingerprint density at radius 2 is 2.00 bits per heavy atom. The fraction of sp³-hybridized carbons (Fsp3) is 0.333. The Labute approximate surface area is 103 Å². The largest absolute Gasteiger partial charge is 0.494 e. The second-order valence-electron chi connectivity index (χ2n) is 3.07. The van der Waals surface area contributed by atoms with Crippen molar-refractivity contribution in [3.8, 4) is 5.75 Å². The van der Waals surface area contributed by atoms with Crippen LogP contribution in [0.1, 0.15) is 6.42 Å². The van der Waals surface area contributed by atoms with E-state index < -0.39 is 9.05 Å². The van der Waals surface area contributed by atoms with E-state index in [2.05, 4.69) is 10.0 Å². The number of hydrogen-bond donors (Lipinski definition) is 0. The molecule has 17 heavy (non-hydrogen) atoms. The molecule has 0 saturated carbocycles. The molecule has 0 atom stereocenters. The van der Waals surface area contributed by atoms with Crippen molar-refractivity contribution in [2.24, 2.45) is 5.11 Å². The predicted molar refractivity (Wildman–Crippen MR) is 63.6 cm³/mol. The van der Waals surface area contributed by atoms with Gasteiger partial charge in [0.2, 0.25) is 0 Å². The highest BCUT2D eigenvalue weighted by Gasteiger charge is 2.08. The highest BCUT2D eigenvalue weighted by atomic mass is 35.7. The van der Waals surface area contributed by atoms with Gasteiger partial charge in [-0.2, -0.15) is 0 Å². The van der Waals surface area contributed by atoms with Gasteiger partial charge < -0.3 is 4.74 Å². The van der Waals surface area contributed by atoms with E-state index in [4.69, 9.17) is 21.0 Å². The topological polar surface area (TPSA) is 92.1 Å². The molecular formula is C9H10ClN3O3S. The van der Waals surface area contributed by atoms with Gasteiger partial charge in [-0.15, -0.1) is 0 Å². The van der Waals surface area contributed by atoms with Crippen LogP contribution in [-0.2, 0) is 9.05 Å². The molecule has 92 valence electrons. The van der Waals surface area contributed by atoms with Gasteiger partial charge in [0.15, 0.2) is 0 Å². The average molecular weight is 276 g/mol. The molecule has 8 heteroatoms. The van der Waals surface area contributed by atoms with Gasteiger partial charge >= 0.3 is 0 Å². The molecule has 0 heterocycles. The Morgan fingerprint density at radius 3 is 2.53 bits per heavy atom. The van der Waals surface area contributed by atoms with Gasteiger partial charge in [-0.1, -0.05) is 5.11 Å². The maximum absolute atomic E-state index is 11.0. The molecule has 0 aliphatic rings. The third-order valence-corrected chi connectivity index (χ3v) is 3.21. The molecule has 0 aliphatic heterocycles. The first-order valence-electron chi connectivity index (χ1n) is 4.72. The molecule has 6 nitrogen and oxygen atoms in total. The summed E-state index contributed by atoms with van der Waals surface area (Å²) in [6.45, 7) is 0.761. The van der Waals surface area contributed by atoms with Gasteiger partial charge in [0, 0.05) is 22.1 Å². The molecule has 0 spiro atoms. The number of halogens is 1. The van der Waals surface area contributed by atoms with Crippen molar-refractivity contribution in [2.45, 2.75) is 11.3 Å². The third-order valence-electron chi connectivity index (χ3n) is 1.84. The normalized spacial score (nSPS) is 10.6. The lowest BCUT2D eigenvalue weighted by Crippen LogP contribution is -1.99. The van der Waals surface area contributed by atoms with Crippen molar-refractivity contribution in [1.29, 1.82) is 0 Å². The SMILES string of the molecule is [N-]=[N+]=NCCCOc1ccc(S(=O)(=O)Cl)cc1. The Hall–Kier alpha value is -1.43. The first kappa shape index (κ1) is 13.6. The van der Waals surface area contributed by atoms with Crippen LogP contribution in [0.3, 0.4) is 0 Å². The van der Waals surface area contributed by atoms with E-state index in [1.807, 2.05) is 0 Å². The molecule has 0 unspecified atom stereocenters. The number of rotatable bonds is 6. The van der Waals surface area contributed by atoms with Gasteiger partial charge in [0.25, 0.3) is 9.05 Å².